The lowest BCUT2D eigenvalue weighted by Crippen LogP contribution is -2.44. The van der Waals surface area contributed by atoms with Crippen molar-refractivity contribution in [3.05, 3.63) is 30.5 Å². The van der Waals surface area contributed by atoms with E-state index in [0.29, 0.717) is 30.4 Å². The quantitative estimate of drug-likeness (QED) is 0.483. The van der Waals surface area contributed by atoms with Gasteiger partial charge >= 0.3 is 0 Å². The molecule has 0 aromatic carbocycles. The van der Waals surface area contributed by atoms with Gasteiger partial charge in [0.1, 0.15) is 18.0 Å². The third-order valence-electron chi connectivity index (χ3n) is 4.05. The monoisotopic (exact) mass is 425 g/mol. The molecule has 2 aromatic rings. The number of rotatable bonds is 6. The van der Waals surface area contributed by atoms with Gasteiger partial charge in [-0.05, 0) is 32.4 Å². The summed E-state index contributed by atoms with van der Waals surface area (Å²) in [5, 5.41) is 7.11. The van der Waals surface area contributed by atoms with E-state index in [0.717, 1.165) is 18.4 Å². The molecule has 1 saturated heterocycles. The van der Waals surface area contributed by atoms with Crippen LogP contribution in [0.25, 0.3) is 17.5 Å². The summed E-state index contributed by atoms with van der Waals surface area (Å²) in [6, 6.07) is 2.07. The Morgan fingerprint density at radius 1 is 1.45 bits per heavy atom. The highest BCUT2D eigenvalue weighted by Gasteiger charge is 2.20. The Morgan fingerprint density at radius 2 is 2.21 bits per heavy atom. The number of aromatic nitrogens is 4. The predicted octanol–water partition coefficient (Wildman–Crippen LogP) is 2.87. The minimum absolute atomic E-state index is 0.220. The van der Waals surface area contributed by atoms with Crippen molar-refractivity contribution >= 4 is 29.6 Å². The number of alkyl halides is 2. The van der Waals surface area contributed by atoms with Crippen molar-refractivity contribution in [3.63, 3.8) is 0 Å². The number of anilines is 1. The highest BCUT2D eigenvalue weighted by molar-refractivity contribution is 7.96. The third-order valence-corrected chi connectivity index (χ3v) is 4.45. The van der Waals surface area contributed by atoms with Crippen LogP contribution >= 0.6 is 11.9 Å². The summed E-state index contributed by atoms with van der Waals surface area (Å²) in [5.41, 5.74) is 0.538. The maximum atomic E-state index is 12.3. The fourth-order valence-electron chi connectivity index (χ4n) is 2.51. The third kappa shape index (κ3) is 6.87. The Labute approximate surface area is 172 Å². The van der Waals surface area contributed by atoms with E-state index >= 15 is 0 Å². The van der Waals surface area contributed by atoms with E-state index in [1.165, 1.54) is 12.4 Å². The molecule has 2 aromatic heterocycles. The molecule has 8 nitrogen and oxygen atoms in total. The summed E-state index contributed by atoms with van der Waals surface area (Å²) in [6.45, 7) is 4.12. The van der Waals surface area contributed by atoms with E-state index in [-0.39, 0.29) is 6.04 Å². The molecule has 0 radical (unpaired) electrons. The molecule has 0 spiro atoms. The van der Waals surface area contributed by atoms with Gasteiger partial charge in [-0.1, -0.05) is 11.9 Å². The number of allylic oxidation sites excluding steroid dienone is 1. The number of nitrogens with zero attached hydrogens (tertiary/aromatic N) is 4. The van der Waals surface area contributed by atoms with Crippen LogP contribution in [0.2, 0.25) is 0 Å². The first-order chi connectivity index (χ1) is 14.0. The summed E-state index contributed by atoms with van der Waals surface area (Å²) >= 11 is 1.61. The number of nitrogens with one attached hydrogen (secondary N) is 3. The topological polar surface area (TPSA) is 103 Å². The first kappa shape index (κ1) is 22.9. The van der Waals surface area contributed by atoms with E-state index in [4.69, 9.17) is 10.1 Å². The number of H-pyrrole nitrogens is 1. The van der Waals surface area contributed by atoms with E-state index in [9.17, 15) is 8.78 Å². The minimum atomic E-state index is -2.80. The van der Waals surface area contributed by atoms with Crippen LogP contribution in [0.5, 0.6) is 0 Å². The average Bonchev–Trinajstić information content (AvgIpc) is 3.21. The van der Waals surface area contributed by atoms with Crippen molar-refractivity contribution in [1.29, 1.82) is 5.41 Å². The molecule has 11 heteroatoms. The van der Waals surface area contributed by atoms with Gasteiger partial charge in [-0.15, -0.1) is 0 Å². The number of hydrogen-bond acceptors (Lipinski definition) is 8. The van der Waals surface area contributed by atoms with Crippen molar-refractivity contribution in [2.75, 3.05) is 38.0 Å². The van der Waals surface area contributed by atoms with Crippen LogP contribution < -0.4 is 9.62 Å². The SMILES string of the molecule is CNSC.C[C@H]1COCCN1c1cc(-c2cnc(/C=C\C(=N)C(F)F)[nH]2)ncn1. The van der Waals surface area contributed by atoms with Crippen molar-refractivity contribution < 1.29 is 13.5 Å². The summed E-state index contributed by atoms with van der Waals surface area (Å²) in [5.74, 6) is 1.17. The lowest BCUT2D eigenvalue weighted by molar-refractivity contribution is 0.0985. The summed E-state index contributed by atoms with van der Waals surface area (Å²) in [7, 11) is 1.89. The highest BCUT2D eigenvalue weighted by Crippen LogP contribution is 2.22. The van der Waals surface area contributed by atoms with Gasteiger partial charge in [-0.25, -0.2) is 23.7 Å². The summed E-state index contributed by atoms with van der Waals surface area (Å²) in [6.07, 6.45) is 4.60. The molecule has 0 aliphatic carbocycles. The first-order valence-corrected chi connectivity index (χ1v) is 10.1. The number of imidazole rings is 1. The molecule has 3 N–H and O–H groups in total. The number of aromatic amines is 1. The molecular formula is C18H25F2N7OS. The van der Waals surface area contributed by atoms with Crippen LogP contribution in [0.1, 0.15) is 12.7 Å². The van der Waals surface area contributed by atoms with Crippen LogP contribution in [0.4, 0.5) is 14.6 Å². The maximum Gasteiger partial charge on any atom is 0.279 e. The van der Waals surface area contributed by atoms with E-state index in [2.05, 4.69) is 36.5 Å². The zero-order chi connectivity index (χ0) is 21.2. The van der Waals surface area contributed by atoms with Crippen LogP contribution in [0.3, 0.4) is 0 Å². The van der Waals surface area contributed by atoms with Crippen molar-refractivity contribution in [2.45, 2.75) is 19.4 Å². The second-order valence-corrected chi connectivity index (χ2v) is 6.88. The summed E-state index contributed by atoms with van der Waals surface area (Å²) in [4.78, 5) is 17.8. The Bertz CT molecular complexity index is 813. The van der Waals surface area contributed by atoms with Gasteiger partial charge in [-0.2, -0.15) is 0 Å². The van der Waals surface area contributed by atoms with Crippen LogP contribution in [-0.4, -0.2) is 71.2 Å². The zero-order valence-electron chi connectivity index (χ0n) is 16.5. The van der Waals surface area contributed by atoms with E-state index < -0.39 is 12.1 Å². The van der Waals surface area contributed by atoms with Gasteiger partial charge in [0.15, 0.2) is 0 Å². The molecule has 1 fully saturated rings. The van der Waals surface area contributed by atoms with Crippen LogP contribution in [0.15, 0.2) is 24.7 Å². The zero-order valence-corrected chi connectivity index (χ0v) is 17.3. The van der Waals surface area contributed by atoms with Crippen LogP contribution in [0, 0.1) is 5.41 Å². The smallest absolute Gasteiger partial charge is 0.279 e. The second-order valence-electron chi connectivity index (χ2n) is 6.06. The van der Waals surface area contributed by atoms with Gasteiger partial charge in [0.2, 0.25) is 0 Å². The first-order valence-electron chi connectivity index (χ1n) is 8.92. The van der Waals surface area contributed by atoms with Gasteiger partial charge in [-0.3, -0.25) is 10.1 Å². The number of morpholine rings is 1. The molecule has 3 rings (SSSR count). The number of halogens is 2. The molecular weight excluding hydrogens is 400 g/mol. The van der Waals surface area contributed by atoms with Crippen molar-refractivity contribution in [1.82, 2.24) is 24.7 Å². The van der Waals surface area contributed by atoms with Gasteiger partial charge < -0.3 is 14.6 Å². The predicted molar refractivity (Wildman–Crippen MR) is 113 cm³/mol. The van der Waals surface area contributed by atoms with E-state index in [1.54, 1.807) is 18.1 Å². The largest absolute Gasteiger partial charge is 0.377 e. The van der Waals surface area contributed by atoms with Gasteiger partial charge in [0, 0.05) is 12.6 Å². The molecule has 0 amide bonds. The number of ether oxygens (including phenoxy) is 1. The molecule has 158 valence electrons. The normalized spacial score (nSPS) is 16.8. The standard InChI is InChI=1S/C16H18F2N6O.C2H7NS/c1-10-8-25-5-4-24(10)15-6-12(21-9-22-15)13-7-20-14(23-13)3-2-11(19)16(17)18;1-3-4-2/h2-3,6-7,9-10,16,19H,4-5,8H2,1H3,(H,20,23);3H,1-2H3/b3-2-,19-11?;/t10-;/m0./s1. The van der Waals surface area contributed by atoms with Crippen molar-refractivity contribution in [3.8, 4) is 11.4 Å². The molecule has 0 saturated carbocycles. The molecule has 1 aliphatic heterocycles. The molecule has 1 aliphatic rings. The fourth-order valence-corrected chi connectivity index (χ4v) is 2.51. The molecule has 29 heavy (non-hydrogen) atoms. The Balaban J connectivity index is 0.000000687. The van der Waals surface area contributed by atoms with Gasteiger partial charge in [0.25, 0.3) is 6.43 Å². The second kappa shape index (κ2) is 11.6. The Kier molecular flexibility index (Phi) is 9.16. The lowest BCUT2D eigenvalue weighted by Gasteiger charge is -2.34. The van der Waals surface area contributed by atoms with Crippen LogP contribution in [-0.2, 0) is 4.74 Å². The van der Waals surface area contributed by atoms with Crippen molar-refractivity contribution in [2.24, 2.45) is 0 Å². The lowest BCUT2D eigenvalue weighted by atomic mass is 10.2. The minimum Gasteiger partial charge on any atom is -0.377 e. The maximum absolute atomic E-state index is 12.3. The molecule has 1 atom stereocenters. The Morgan fingerprint density at radius 3 is 2.86 bits per heavy atom. The molecule has 0 unspecified atom stereocenters. The molecule has 0 bridgehead atoms. The fraction of sp³-hybridized carbons (Fsp3) is 0.444. The highest BCUT2D eigenvalue weighted by atomic mass is 32.2. The van der Waals surface area contributed by atoms with Gasteiger partial charge in [0.05, 0.1) is 42.6 Å². The molecule has 3 heterocycles. The van der Waals surface area contributed by atoms with E-state index in [1.807, 2.05) is 19.4 Å². The average molecular weight is 426 g/mol. The summed E-state index contributed by atoms with van der Waals surface area (Å²) < 4.78 is 32.9. The number of hydrogen-bond donors (Lipinski definition) is 3. The Hall–Kier alpha value is -2.37.